The Bertz CT molecular complexity index is 552. The summed E-state index contributed by atoms with van der Waals surface area (Å²) in [5.74, 6) is 2.62. The number of ether oxygens (including phenoxy) is 1. The molecule has 4 nitrogen and oxygen atoms in total. The normalized spacial score (nSPS) is 10.3. The lowest BCUT2D eigenvalue weighted by Crippen LogP contribution is -2.06. The standard InChI is InChI=1S/C16H21N3O/c1-4-13-11-15(17-5-2)19-16(18-13)10-12-6-8-14(20-3)9-7-12/h6-9,11H,4-5,10H2,1-3H3,(H,17,18,19). The van der Waals surface area contributed by atoms with Gasteiger partial charge in [0.05, 0.1) is 7.11 Å². The number of methoxy groups -OCH3 is 1. The number of hydrogen-bond donors (Lipinski definition) is 1. The molecular formula is C16H21N3O. The van der Waals surface area contributed by atoms with Crippen LogP contribution in [0.4, 0.5) is 5.82 Å². The molecular weight excluding hydrogens is 250 g/mol. The van der Waals surface area contributed by atoms with Gasteiger partial charge in [0.2, 0.25) is 0 Å². The van der Waals surface area contributed by atoms with E-state index >= 15 is 0 Å². The van der Waals surface area contributed by atoms with Gasteiger partial charge in [0, 0.05) is 24.7 Å². The lowest BCUT2D eigenvalue weighted by molar-refractivity contribution is 0.414. The Labute approximate surface area is 120 Å². The quantitative estimate of drug-likeness (QED) is 0.877. The average Bonchev–Trinajstić information content (AvgIpc) is 2.48. The van der Waals surface area contributed by atoms with Crippen molar-refractivity contribution in [2.45, 2.75) is 26.7 Å². The van der Waals surface area contributed by atoms with Crippen LogP contribution in [0.2, 0.25) is 0 Å². The smallest absolute Gasteiger partial charge is 0.135 e. The van der Waals surface area contributed by atoms with Gasteiger partial charge >= 0.3 is 0 Å². The molecule has 0 spiro atoms. The second-order valence-corrected chi connectivity index (χ2v) is 4.57. The molecule has 20 heavy (non-hydrogen) atoms. The van der Waals surface area contributed by atoms with Crippen molar-refractivity contribution >= 4 is 5.82 Å². The third kappa shape index (κ3) is 3.70. The Hall–Kier alpha value is -2.10. The van der Waals surface area contributed by atoms with E-state index < -0.39 is 0 Å². The molecule has 0 unspecified atom stereocenters. The molecule has 4 heteroatoms. The van der Waals surface area contributed by atoms with E-state index in [4.69, 9.17) is 4.74 Å². The highest BCUT2D eigenvalue weighted by atomic mass is 16.5. The maximum Gasteiger partial charge on any atom is 0.135 e. The van der Waals surface area contributed by atoms with Crippen LogP contribution >= 0.6 is 0 Å². The summed E-state index contributed by atoms with van der Waals surface area (Å²) >= 11 is 0. The first-order valence-corrected chi connectivity index (χ1v) is 6.98. The van der Waals surface area contributed by atoms with E-state index in [1.54, 1.807) is 7.11 Å². The van der Waals surface area contributed by atoms with Gasteiger partial charge in [0.25, 0.3) is 0 Å². The van der Waals surface area contributed by atoms with Gasteiger partial charge in [-0.3, -0.25) is 0 Å². The largest absolute Gasteiger partial charge is 0.497 e. The molecule has 0 fully saturated rings. The third-order valence-corrected chi connectivity index (χ3v) is 3.07. The summed E-state index contributed by atoms with van der Waals surface area (Å²) in [7, 11) is 1.67. The maximum absolute atomic E-state index is 5.17. The fourth-order valence-corrected chi connectivity index (χ4v) is 2.01. The number of hydrogen-bond acceptors (Lipinski definition) is 4. The summed E-state index contributed by atoms with van der Waals surface area (Å²) in [6.45, 7) is 5.04. The average molecular weight is 271 g/mol. The highest BCUT2D eigenvalue weighted by Gasteiger charge is 2.05. The molecule has 0 saturated heterocycles. The zero-order valence-corrected chi connectivity index (χ0v) is 12.3. The van der Waals surface area contributed by atoms with Crippen LogP contribution in [0.15, 0.2) is 30.3 Å². The van der Waals surface area contributed by atoms with Crippen LogP contribution in [0, 0.1) is 0 Å². The van der Waals surface area contributed by atoms with Gasteiger partial charge in [0.1, 0.15) is 17.4 Å². The van der Waals surface area contributed by atoms with Crippen LogP contribution in [-0.2, 0) is 12.8 Å². The fourth-order valence-electron chi connectivity index (χ4n) is 2.01. The molecule has 1 aromatic carbocycles. The molecule has 0 amide bonds. The Morgan fingerprint density at radius 2 is 1.85 bits per heavy atom. The van der Waals surface area contributed by atoms with Gasteiger partial charge in [-0.15, -0.1) is 0 Å². The minimum atomic E-state index is 0.732. The van der Waals surface area contributed by atoms with Gasteiger partial charge < -0.3 is 10.1 Å². The van der Waals surface area contributed by atoms with Gasteiger partial charge in [-0.2, -0.15) is 0 Å². The summed E-state index contributed by atoms with van der Waals surface area (Å²) in [6.07, 6.45) is 1.65. The van der Waals surface area contributed by atoms with Gasteiger partial charge in [-0.05, 0) is 31.0 Å². The SMILES string of the molecule is CCNc1cc(CC)nc(Cc2ccc(OC)cc2)n1. The molecule has 106 valence electrons. The minimum absolute atomic E-state index is 0.732. The molecule has 1 N–H and O–H groups in total. The molecule has 0 aliphatic carbocycles. The molecule has 2 rings (SSSR count). The van der Waals surface area contributed by atoms with Crippen LogP contribution in [0.25, 0.3) is 0 Å². The van der Waals surface area contributed by atoms with Gasteiger partial charge in [-0.25, -0.2) is 9.97 Å². The molecule has 1 heterocycles. The molecule has 0 aliphatic heterocycles. The van der Waals surface area contributed by atoms with Crippen LogP contribution < -0.4 is 10.1 Å². The van der Waals surface area contributed by atoms with Crippen LogP contribution in [0.1, 0.15) is 30.9 Å². The van der Waals surface area contributed by atoms with Gasteiger partial charge in [0.15, 0.2) is 0 Å². The molecule has 0 bridgehead atoms. The first kappa shape index (κ1) is 14.3. The molecule has 1 aromatic heterocycles. The predicted octanol–water partition coefficient (Wildman–Crippen LogP) is 3.07. The number of anilines is 1. The maximum atomic E-state index is 5.17. The number of aromatic nitrogens is 2. The number of rotatable bonds is 6. The minimum Gasteiger partial charge on any atom is -0.497 e. The third-order valence-electron chi connectivity index (χ3n) is 3.07. The molecule has 0 radical (unpaired) electrons. The van der Waals surface area contributed by atoms with Gasteiger partial charge in [-0.1, -0.05) is 19.1 Å². The topological polar surface area (TPSA) is 47.0 Å². The van der Waals surface area contributed by atoms with Crippen LogP contribution in [-0.4, -0.2) is 23.6 Å². The Kier molecular flexibility index (Phi) is 4.93. The van der Waals surface area contributed by atoms with Crippen molar-refractivity contribution in [3.63, 3.8) is 0 Å². The zero-order valence-electron chi connectivity index (χ0n) is 12.3. The summed E-state index contributed by atoms with van der Waals surface area (Å²) in [5.41, 5.74) is 2.25. The van der Waals surface area contributed by atoms with E-state index in [2.05, 4.69) is 29.1 Å². The second-order valence-electron chi connectivity index (χ2n) is 4.57. The first-order valence-electron chi connectivity index (χ1n) is 6.98. The first-order chi connectivity index (χ1) is 9.75. The van der Waals surface area contributed by atoms with E-state index in [1.807, 2.05) is 30.3 Å². The van der Waals surface area contributed by atoms with Crippen molar-refractivity contribution in [3.8, 4) is 5.75 Å². The van der Waals surface area contributed by atoms with Crippen LogP contribution in [0.3, 0.4) is 0 Å². The summed E-state index contributed by atoms with van der Waals surface area (Å²) < 4.78 is 5.17. The van der Waals surface area contributed by atoms with E-state index in [9.17, 15) is 0 Å². The van der Waals surface area contributed by atoms with Crippen molar-refractivity contribution < 1.29 is 4.74 Å². The van der Waals surface area contributed by atoms with Crippen molar-refractivity contribution in [3.05, 3.63) is 47.4 Å². The Balaban J connectivity index is 2.20. The molecule has 0 aliphatic rings. The van der Waals surface area contributed by atoms with Crippen LogP contribution in [0.5, 0.6) is 5.75 Å². The molecule has 0 atom stereocenters. The number of aryl methyl sites for hydroxylation is 1. The van der Waals surface area contributed by atoms with Crippen molar-refractivity contribution in [1.82, 2.24) is 9.97 Å². The molecule has 2 aromatic rings. The number of nitrogens with zero attached hydrogens (tertiary/aromatic N) is 2. The summed E-state index contributed by atoms with van der Waals surface area (Å²) in [5, 5.41) is 3.26. The van der Waals surface area contributed by atoms with E-state index in [0.717, 1.165) is 42.5 Å². The summed E-state index contributed by atoms with van der Waals surface area (Å²) in [6, 6.07) is 10.0. The summed E-state index contributed by atoms with van der Waals surface area (Å²) in [4.78, 5) is 9.15. The monoisotopic (exact) mass is 271 g/mol. The highest BCUT2D eigenvalue weighted by Crippen LogP contribution is 2.15. The highest BCUT2D eigenvalue weighted by molar-refractivity contribution is 5.37. The lowest BCUT2D eigenvalue weighted by atomic mass is 10.1. The van der Waals surface area contributed by atoms with Crippen molar-refractivity contribution in [2.75, 3.05) is 19.0 Å². The fraction of sp³-hybridized carbons (Fsp3) is 0.375. The predicted molar refractivity (Wildman–Crippen MR) is 81.4 cm³/mol. The van der Waals surface area contributed by atoms with E-state index in [0.29, 0.717) is 0 Å². The number of nitrogens with one attached hydrogen (secondary N) is 1. The van der Waals surface area contributed by atoms with Crippen molar-refractivity contribution in [2.24, 2.45) is 0 Å². The zero-order chi connectivity index (χ0) is 14.4. The Morgan fingerprint density at radius 1 is 1.10 bits per heavy atom. The number of benzene rings is 1. The lowest BCUT2D eigenvalue weighted by Gasteiger charge is -2.08. The van der Waals surface area contributed by atoms with E-state index in [-0.39, 0.29) is 0 Å². The van der Waals surface area contributed by atoms with E-state index in [1.165, 1.54) is 5.56 Å². The van der Waals surface area contributed by atoms with Crippen molar-refractivity contribution in [1.29, 1.82) is 0 Å². The second kappa shape index (κ2) is 6.89. The Morgan fingerprint density at radius 3 is 2.45 bits per heavy atom. The molecule has 0 saturated carbocycles.